The molecule has 0 aliphatic rings. The molecule has 0 atom stereocenters. The fourth-order valence-corrected chi connectivity index (χ4v) is 1.24. The van der Waals surface area contributed by atoms with Gasteiger partial charge < -0.3 is 10.2 Å². The van der Waals surface area contributed by atoms with Crippen molar-refractivity contribution in [1.29, 1.82) is 0 Å². The molecule has 0 bridgehead atoms. The number of hydrogen-bond donors (Lipinski definition) is 2. The van der Waals surface area contributed by atoms with Crippen LogP contribution in [0.15, 0.2) is 24.3 Å². The van der Waals surface area contributed by atoms with Crippen LogP contribution >= 0.6 is 0 Å². The van der Waals surface area contributed by atoms with E-state index in [1.165, 1.54) is 0 Å². The number of hydrogen-bond acceptors (Lipinski definition) is 2. The van der Waals surface area contributed by atoms with Crippen molar-refractivity contribution in [2.75, 3.05) is 0 Å². The Kier molecular flexibility index (Phi) is 3.59. The Morgan fingerprint density at radius 2 is 1.72 bits per heavy atom. The monoisotopic (exact) mass is 268 g/mol. The van der Waals surface area contributed by atoms with Crippen molar-refractivity contribution < 1.29 is 37.0 Å². The highest BCUT2D eigenvalue weighted by atomic mass is 19.4. The van der Waals surface area contributed by atoms with Crippen molar-refractivity contribution in [2.45, 2.75) is 6.18 Å². The Balaban J connectivity index is 3.47. The summed E-state index contributed by atoms with van der Waals surface area (Å²) in [5.74, 6) is -2.54. The molecular formula is C10H5F5O3. The molecule has 8 heteroatoms. The van der Waals surface area contributed by atoms with E-state index in [-0.39, 0.29) is 0 Å². The van der Waals surface area contributed by atoms with Crippen molar-refractivity contribution >= 4 is 11.5 Å². The van der Waals surface area contributed by atoms with Crippen molar-refractivity contribution in [1.82, 2.24) is 0 Å². The molecule has 3 nitrogen and oxygen atoms in total. The SMILES string of the molecule is O=C(O)c1cc(C(=C(F)F)C(F)(F)F)ccc1O. The summed E-state index contributed by atoms with van der Waals surface area (Å²) in [6.45, 7) is 0. The van der Waals surface area contributed by atoms with Crippen LogP contribution in [0, 0.1) is 0 Å². The highest BCUT2D eigenvalue weighted by molar-refractivity contribution is 5.92. The van der Waals surface area contributed by atoms with E-state index in [4.69, 9.17) is 10.2 Å². The van der Waals surface area contributed by atoms with E-state index in [9.17, 15) is 26.7 Å². The fourth-order valence-electron chi connectivity index (χ4n) is 1.24. The molecule has 2 N–H and O–H groups in total. The molecule has 0 fully saturated rings. The lowest BCUT2D eigenvalue weighted by Gasteiger charge is -2.11. The van der Waals surface area contributed by atoms with Gasteiger partial charge in [-0.05, 0) is 17.7 Å². The predicted molar refractivity (Wildman–Crippen MR) is 50.3 cm³/mol. The number of benzene rings is 1. The van der Waals surface area contributed by atoms with Crippen LogP contribution in [0.1, 0.15) is 15.9 Å². The molecule has 0 unspecified atom stereocenters. The molecule has 0 aliphatic carbocycles. The second-order valence-corrected chi connectivity index (χ2v) is 3.17. The number of rotatable bonds is 2. The third-order valence-corrected chi connectivity index (χ3v) is 1.99. The summed E-state index contributed by atoms with van der Waals surface area (Å²) >= 11 is 0. The van der Waals surface area contributed by atoms with E-state index in [0.29, 0.717) is 18.2 Å². The smallest absolute Gasteiger partial charge is 0.422 e. The van der Waals surface area contributed by atoms with Gasteiger partial charge in [-0.2, -0.15) is 22.0 Å². The second kappa shape index (κ2) is 4.63. The molecule has 1 rings (SSSR count). The highest BCUT2D eigenvalue weighted by Crippen LogP contribution is 2.38. The maximum atomic E-state index is 12.3. The first kappa shape index (κ1) is 13.9. The van der Waals surface area contributed by atoms with Gasteiger partial charge in [0.1, 0.15) is 16.9 Å². The molecule has 0 aromatic heterocycles. The van der Waals surface area contributed by atoms with Gasteiger partial charge in [-0.1, -0.05) is 6.07 Å². The van der Waals surface area contributed by atoms with E-state index >= 15 is 0 Å². The van der Waals surface area contributed by atoms with Gasteiger partial charge >= 0.3 is 12.1 Å². The standard InChI is InChI=1S/C10H5F5O3/c11-8(12)7(10(13,14)15)4-1-2-6(16)5(3-4)9(17)18/h1-3,16H,(H,17,18). The van der Waals surface area contributed by atoms with E-state index in [0.717, 1.165) is 0 Å². The van der Waals surface area contributed by atoms with Gasteiger partial charge in [0.25, 0.3) is 6.08 Å². The maximum absolute atomic E-state index is 12.3. The molecule has 0 spiro atoms. The first-order valence-electron chi connectivity index (χ1n) is 4.33. The molecule has 98 valence electrons. The summed E-state index contributed by atoms with van der Waals surface area (Å²) in [5.41, 5.74) is -4.15. The zero-order valence-corrected chi connectivity index (χ0v) is 8.42. The lowest BCUT2D eigenvalue weighted by atomic mass is 10.0. The van der Waals surface area contributed by atoms with Crippen LogP contribution < -0.4 is 0 Å². The first-order valence-corrected chi connectivity index (χ1v) is 4.33. The molecular weight excluding hydrogens is 263 g/mol. The van der Waals surface area contributed by atoms with E-state index in [1.807, 2.05) is 0 Å². The average Bonchev–Trinajstić information content (AvgIpc) is 2.17. The third-order valence-electron chi connectivity index (χ3n) is 1.99. The summed E-state index contributed by atoms with van der Waals surface area (Å²) < 4.78 is 61.6. The molecule has 1 aromatic rings. The molecule has 0 saturated carbocycles. The number of halogens is 5. The van der Waals surface area contributed by atoms with Crippen molar-refractivity contribution in [2.24, 2.45) is 0 Å². The normalized spacial score (nSPS) is 11.2. The summed E-state index contributed by atoms with van der Waals surface area (Å²) in [4.78, 5) is 10.6. The van der Waals surface area contributed by atoms with Gasteiger partial charge in [0.15, 0.2) is 0 Å². The molecule has 0 aliphatic heterocycles. The first-order chi connectivity index (χ1) is 8.14. The van der Waals surface area contributed by atoms with Crippen LogP contribution in [0.5, 0.6) is 5.75 Å². The zero-order chi connectivity index (χ0) is 14.1. The van der Waals surface area contributed by atoms with Crippen molar-refractivity contribution in [3.05, 3.63) is 35.4 Å². The van der Waals surface area contributed by atoms with Gasteiger partial charge in [0.2, 0.25) is 0 Å². The topological polar surface area (TPSA) is 57.5 Å². The number of allylic oxidation sites excluding steroid dienone is 1. The van der Waals surface area contributed by atoms with E-state index < -0.39 is 40.7 Å². The number of carboxylic acid groups (broad SMARTS) is 1. The van der Waals surface area contributed by atoms with E-state index in [1.54, 1.807) is 0 Å². The van der Waals surface area contributed by atoms with Crippen LogP contribution in [-0.2, 0) is 0 Å². The van der Waals surface area contributed by atoms with Gasteiger partial charge in [-0.25, -0.2) is 4.79 Å². The number of aromatic carboxylic acids is 1. The van der Waals surface area contributed by atoms with Crippen LogP contribution in [-0.4, -0.2) is 22.4 Å². The molecule has 18 heavy (non-hydrogen) atoms. The lowest BCUT2D eigenvalue weighted by molar-refractivity contribution is -0.0711. The number of aromatic hydroxyl groups is 1. The number of carboxylic acids is 1. The highest BCUT2D eigenvalue weighted by Gasteiger charge is 2.39. The van der Waals surface area contributed by atoms with E-state index in [2.05, 4.69) is 0 Å². The summed E-state index contributed by atoms with van der Waals surface area (Å²) in [5, 5.41) is 17.6. The molecule has 0 radical (unpaired) electrons. The van der Waals surface area contributed by atoms with Crippen LogP contribution in [0.3, 0.4) is 0 Å². The van der Waals surface area contributed by atoms with Gasteiger partial charge in [-0.3, -0.25) is 0 Å². The Bertz CT molecular complexity index is 515. The summed E-state index contributed by atoms with van der Waals surface area (Å²) in [7, 11) is 0. The lowest BCUT2D eigenvalue weighted by Crippen LogP contribution is -2.12. The van der Waals surface area contributed by atoms with Crippen LogP contribution in [0.2, 0.25) is 0 Å². The predicted octanol–water partition coefficient (Wildman–Crippen LogP) is 3.26. The molecule has 0 amide bonds. The van der Waals surface area contributed by atoms with Gasteiger partial charge in [0, 0.05) is 0 Å². The zero-order valence-electron chi connectivity index (χ0n) is 8.42. The maximum Gasteiger partial charge on any atom is 0.422 e. The Morgan fingerprint density at radius 3 is 2.11 bits per heavy atom. The average molecular weight is 268 g/mol. The van der Waals surface area contributed by atoms with Gasteiger partial charge in [-0.15, -0.1) is 0 Å². The second-order valence-electron chi connectivity index (χ2n) is 3.17. The Labute approximate surface area is 96.8 Å². The minimum absolute atomic E-state index is 0.333. The Hall–Kier alpha value is -2.12. The minimum atomic E-state index is -5.33. The third kappa shape index (κ3) is 2.76. The Morgan fingerprint density at radius 1 is 1.17 bits per heavy atom. The molecule has 1 aromatic carbocycles. The van der Waals surface area contributed by atoms with Crippen molar-refractivity contribution in [3.63, 3.8) is 0 Å². The fraction of sp³-hybridized carbons (Fsp3) is 0.100. The number of alkyl halides is 3. The minimum Gasteiger partial charge on any atom is -0.507 e. The largest absolute Gasteiger partial charge is 0.507 e. The quantitative estimate of drug-likeness (QED) is 0.809. The summed E-state index contributed by atoms with van der Waals surface area (Å²) in [6, 6.07) is 1.50. The van der Waals surface area contributed by atoms with Crippen molar-refractivity contribution in [3.8, 4) is 5.75 Å². The molecule has 0 saturated heterocycles. The molecule has 0 heterocycles. The summed E-state index contributed by atoms with van der Waals surface area (Å²) in [6.07, 6.45) is -8.31. The van der Waals surface area contributed by atoms with Gasteiger partial charge in [0.05, 0.1) is 0 Å². The number of phenols is 1. The number of carbonyl (C=O) groups is 1. The van der Waals surface area contributed by atoms with Crippen LogP contribution in [0.4, 0.5) is 22.0 Å². The van der Waals surface area contributed by atoms with Crippen LogP contribution in [0.25, 0.3) is 5.57 Å².